The molecule has 0 aromatic heterocycles. The van der Waals surface area contributed by atoms with Crippen molar-refractivity contribution in [3.8, 4) is 11.8 Å². The van der Waals surface area contributed by atoms with Crippen LogP contribution >= 0.6 is 0 Å². The molecule has 3 amide bonds. The third kappa shape index (κ3) is 10.1. The fourth-order valence-electron chi connectivity index (χ4n) is 4.06. The summed E-state index contributed by atoms with van der Waals surface area (Å²) in [6.07, 6.45) is 5.85. The van der Waals surface area contributed by atoms with E-state index >= 15 is 0 Å². The summed E-state index contributed by atoms with van der Waals surface area (Å²) in [5.74, 6) is 4.91. The molecular formula is C28H34N4O5. The van der Waals surface area contributed by atoms with Crippen LogP contribution in [0.1, 0.15) is 66.4 Å². The van der Waals surface area contributed by atoms with E-state index in [1.807, 2.05) is 24.3 Å². The van der Waals surface area contributed by atoms with Gasteiger partial charge in [-0.3, -0.25) is 19.6 Å². The highest BCUT2D eigenvalue weighted by atomic mass is 16.5. The largest absolute Gasteiger partial charge is 0.391 e. The highest BCUT2D eigenvalue weighted by Crippen LogP contribution is 2.17. The molecule has 0 bridgehead atoms. The fraction of sp³-hybridized carbons (Fsp3) is 0.393. The lowest BCUT2D eigenvalue weighted by Gasteiger charge is -2.15. The number of carbonyl (C=O) groups is 3. The Morgan fingerprint density at radius 2 is 1.46 bits per heavy atom. The molecule has 1 aliphatic rings. The normalized spacial score (nSPS) is 14.4. The lowest BCUT2D eigenvalue weighted by molar-refractivity contribution is -0.131. The van der Waals surface area contributed by atoms with Crippen LogP contribution in [0.5, 0.6) is 0 Å². The van der Waals surface area contributed by atoms with Crippen molar-refractivity contribution in [2.24, 2.45) is 0 Å². The number of hydroxylamine groups is 1. The molecule has 2 aromatic rings. The maximum atomic E-state index is 12.3. The predicted molar refractivity (Wildman–Crippen MR) is 140 cm³/mol. The number of aliphatic hydroxyl groups is 1. The van der Waals surface area contributed by atoms with Crippen LogP contribution in [0.25, 0.3) is 0 Å². The molecule has 1 saturated carbocycles. The number of hydrogen-bond donors (Lipinski definition) is 6. The van der Waals surface area contributed by atoms with Gasteiger partial charge in [0.1, 0.15) is 0 Å². The molecule has 0 unspecified atom stereocenters. The lowest BCUT2D eigenvalue weighted by Crippen LogP contribution is -2.35. The van der Waals surface area contributed by atoms with Gasteiger partial charge in [0.05, 0.1) is 19.1 Å². The summed E-state index contributed by atoms with van der Waals surface area (Å²) in [4.78, 5) is 35.5. The lowest BCUT2D eigenvalue weighted by atomic mass is 10.1. The average molecular weight is 507 g/mol. The van der Waals surface area contributed by atoms with E-state index in [2.05, 4.69) is 27.8 Å². The van der Waals surface area contributed by atoms with E-state index in [0.29, 0.717) is 18.2 Å². The summed E-state index contributed by atoms with van der Waals surface area (Å²) < 4.78 is 0. The molecule has 0 spiro atoms. The van der Waals surface area contributed by atoms with Crippen LogP contribution in [0, 0.1) is 11.8 Å². The Morgan fingerprint density at radius 1 is 0.865 bits per heavy atom. The van der Waals surface area contributed by atoms with Crippen LogP contribution < -0.4 is 21.4 Å². The zero-order valence-electron chi connectivity index (χ0n) is 20.8. The highest BCUT2D eigenvalue weighted by molar-refractivity contribution is 5.94. The second-order valence-electron chi connectivity index (χ2n) is 9.13. The molecule has 9 nitrogen and oxygen atoms in total. The molecule has 1 atom stereocenters. The summed E-state index contributed by atoms with van der Waals surface area (Å²) in [5, 5.41) is 27.0. The summed E-state index contributed by atoms with van der Waals surface area (Å²) in [6.45, 7) is 0.184. The minimum absolute atomic E-state index is 0.0580. The first-order valence-electron chi connectivity index (χ1n) is 12.6. The molecule has 0 aliphatic heterocycles. The van der Waals surface area contributed by atoms with Crippen LogP contribution in [-0.2, 0) is 9.59 Å². The molecule has 6 N–H and O–H groups in total. The third-order valence-electron chi connectivity index (χ3n) is 6.12. The van der Waals surface area contributed by atoms with Gasteiger partial charge < -0.3 is 21.1 Å². The smallest absolute Gasteiger partial charge is 0.251 e. The SMILES string of the molecule is O=C(C[C@H](O)CNC(=O)c1ccc(C#Cc2ccc(NC(=O)CNC3CCCCCC3)cc2)cc1)NO. The minimum atomic E-state index is -1.11. The van der Waals surface area contributed by atoms with Crippen molar-refractivity contribution in [2.45, 2.75) is 57.1 Å². The van der Waals surface area contributed by atoms with E-state index in [-0.39, 0.29) is 18.9 Å². The number of aliphatic hydroxyl groups excluding tert-OH is 1. The number of amides is 3. The number of rotatable bonds is 9. The second-order valence-corrected chi connectivity index (χ2v) is 9.13. The summed E-state index contributed by atoms with van der Waals surface area (Å²) in [7, 11) is 0. The molecule has 0 radical (unpaired) electrons. The fourth-order valence-corrected chi connectivity index (χ4v) is 4.06. The van der Waals surface area contributed by atoms with Crippen LogP contribution in [0.3, 0.4) is 0 Å². The third-order valence-corrected chi connectivity index (χ3v) is 6.12. The maximum absolute atomic E-state index is 12.3. The quantitative estimate of drug-likeness (QED) is 0.134. The van der Waals surface area contributed by atoms with Crippen molar-refractivity contribution >= 4 is 23.4 Å². The predicted octanol–water partition coefficient (Wildman–Crippen LogP) is 2.32. The Labute approximate surface area is 217 Å². The first-order valence-corrected chi connectivity index (χ1v) is 12.6. The van der Waals surface area contributed by atoms with Gasteiger partial charge in [-0.15, -0.1) is 0 Å². The van der Waals surface area contributed by atoms with Crippen molar-refractivity contribution < 1.29 is 24.7 Å². The molecule has 1 fully saturated rings. The van der Waals surface area contributed by atoms with Gasteiger partial charge in [-0.25, -0.2) is 5.48 Å². The van der Waals surface area contributed by atoms with Crippen LogP contribution in [0.2, 0.25) is 0 Å². The first-order chi connectivity index (χ1) is 17.9. The van der Waals surface area contributed by atoms with Gasteiger partial charge >= 0.3 is 0 Å². The molecule has 196 valence electrons. The van der Waals surface area contributed by atoms with E-state index in [9.17, 15) is 19.5 Å². The van der Waals surface area contributed by atoms with E-state index in [4.69, 9.17) is 5.21 Å². The number of hydrogen-bond acceptors (Lipinski definition) is 6. The zero-order valence-corrected chi connectivity index (χ0v) is 20.8. The van der Waals surface area contributed by atoms with Gasteiger partial charge in [-0.2, -0.15) is 0 Å². The number of carbonyl (C=O) groups excluding carboxylic acids is 3. The van der Waals surface area contributed by atoms with E-state index in [1.165, 1.54) is 31.2 Å². The van der Waals surface area contributed by atoms with Crippen molar-refractivity contribution in [1.29, 1.82) is 0 Å². The van der Waals surface area contributed by atoms with Crippen LogP contribution in [-0.4, -0.2) is 53.3 Å². The van der Waals surface area contributed by atoms with Gasteiger partial charge in [0, 0.05) is 35.0 Å². The molecule has 3 rings (SSSR count). The number of anilines is 1. The number of benzene rings is 2. The summed E-state index contributed by atoms with van der Waals surface area (Å²) in [5.41, 5.74) is 4.04. The van der Waals surface area contributed by atoms with Crippen molar-refractivity contribution in [1.82, 2.24) is 16.1 Å². The van der Waals surface area contributed by atoms with Crippen molar-refractivity contribution in [2.75, 3.05) is 18.4 Å². The van der Waals surface area contributed by atoms with Gasteiger partial charge in [0.25, 0.3) is 5.91 Å². The Balaban J connectivity index is 1.44. The van der Waals surface area contributed by atoms with E-state index in [1.54, 1.807) is 24.3 Å². The minimum Gasteiger partial charge on any atom is -0.391 e. The van der Waals surface area contributed by atoms with E-state index in [0.717, 1.165) is 29.7 Å². The summed E-state index contributed by atoms with van der Waals surface area (Å²) in [6, 6.07) is 14.4. The molecular weight excluding hydrogens is 472 g/mol. The monoisotopic (exact) mass is 506 g/mol. The first kappa shape index (κ1) is 27.9. The van der Waals surface area contributed by atoms with E-state index < -0.39 is 17.9 Å². The molecule has 0 saturated heterocycles. The van der Waals surface area contributed by atoms with Gasteiger partial charge in [-0.1, -0.05) is 37.5 Å². The Kier molecular flexibility index (Phi) is 11.1. The number of nitrogens with one attached hydrogen (secondary N) is 4. The molecule has 0 heterocycles. The second kappa shape index (κ2) is 14.8. The van der Waals surface area contributed by atoms with Crippen molar-refractivity contribution in [3.05, 3.63) is 65.2 Å². The highest BCUT2D eigenvalue weighted by Gasteiger charge is 2.14. The molecule has 2 aromatic carbocycles. The van der Waals surface area contributed by atoms with Gasteiger partial charge in [0.15, 0.2) is 0 Å². The average Bonchev–Trinajstić information content (AvgIpc) is 3.19. The van der Waals surface area contributed by atoms with Gasteiger partial charge in [-0.05, 0) is 61.4 Å². The Hall–Kier alpha value is -3.71. The molecule has 37 heavy (non-hydrogen) atoms. The summed E-state index contributed by atoms with van der Waals surface area (Å²) >= 11 is 0. The topological polar surface area (TPSA) is 140 Å². The molecule has 9 heteroatoms. The van der Waals surface area contributed by atoms with Gasteiger partial charge in [0.2, 0.25) is 11.8 Å². The van der Waals surface area contributed by atoms with Crippen molar-refractivity contribution in [3.63, 3.8) is 0 Å². The maximum Gasteiger partial charge on any atom is 0.251 e. The van der Waals surface area contributed by atoms with Crippen LogP contribution in [0.4, 0.5) is 5.69 Å². The Morgan fingerprint density at radius 3 is 2.05 bits per heavy atom. The Bertz CT molecular complexity index is 1100. The van der Waals surface area contributed by atoms with Crippen LogP contribution in [0.15, 0.2) is 48.5 Å². The standard InChI is InChI=1S/C28H34N4O5/c33-25(17-26(34)32-37)18-30-28(36)22-13-9-20(10-14-22)7-8-21-11-15-24(16-12-21)31-27(35)19-29-23-5-3-1-2-4-6-23/h9-16,23,25,29,33,37H,1-6,17-19H2,(H,30,36)(H,31,35)(H,32,34)/t25-/m0/s1. The molecule has 1 aliphatic carbocycles. The zero-order chi connectivity index (χ0) is 26.5.